The molecule has 1 heterocycles. The third kappa shape index (κ3) is 3.81. The summed E-state index contributed by atoms with van der Waals surface area (Å²) in [5.41, 5.74) is 1.69. The number of carbonyl (C=O) groups is 1. The van der Waals surface area contributed by atoms with E-state index in [-0.39, 0.29) is 5.75 Å². The van der Waals surface area contributed by atoms with Gasteiger partial charge in [-0.1, -0.05) is 25.5 Å². The van der Waals surface area contributed by atoms with E-state index in [1.54, 1.807) is 12.1 Å². The van der Waals surface area contributed by atoms with E-state index in [0.717, 1.165) is 5.92 Å². The molecule has 1 aliphatic carbocycles. The van der Waals surface area contributed by atoms with Crippen LogP contribution in [0.4, 0.5) is 4.39 Å². The van der Waals surface area contributed by atoms with E-state index >= 15 is 0 Å². The zero-order valence-corrected chi connectivity index (χ0v) is 13.9. The molecule has 0 amide bonds. The van der Waals surface area contributed by atoms with Crippen molar-refractivity contribution < 1.29 is 13.9 Å². The molecule has 24 heavy (non-hydrogen) atoms. The van der Waals surface area contributed by atoms with Gasteiger partial charge in [-0.25, -0.2) is 9.78 Å². The van der Waals surface area contributed by atoms with Gasteiger partial charge in [-0.05, 0) is 67.3 Å². The first kappa shape index (κ1) is 16.6. The summed E-state index contributed by atoms with van der Waals surface area (Å²) in [5, 5.41) is 0. The van der Waals surface area contributed by atoms with Crippen molar-refractivity contribution in [1.82, 2.24) is 4.98 Å². The second-order valence-corrected chi connectivity index (χ2v) is 6.43. The minimum atomic E-state index is -0.782. The molecule has 0 unspecified atom stereocenters. The molecule has 1 aliphatic rings. The average molecular weight is 327 g/mol. The van der Waals surface area contributed by atoms with Gasteiger partial charge in [-0.15, -0.1) is 0 Å². The quantitative estimate of drug-likeness (QED) is 0.577. The van der Waals surface area contributed by atoms with Gasteiger partial charge in [0.1, 0.15) is 0 Å². The predicted octanol–water partition coefficient (Wildman–Crippen LogP) is 5.12. The summed E-state index contributed by atoms with van der Waals surface area (Å²) in [5.74, 6) is -0.0544. The van der Waals surface area contributed by atoms with Gasteiger partial charge in [0, 0.05) is 6.20 Å². The highest BCUT2D eigenvalue weighted by atomic mass is 19.1. The molecule has 4 heteroatoms. The molecule has 3 rings (SSSR count). The van der Waals surface area contributed by atoms with Gasteiger partial charge in [0.2, 0.25) is 0 Å². The molecule has 0 atom stereocenters. The number of hydrogen-bond acceptors (Lipinski definition) is 3. The minimum Gasteiger partial charge on any atom is -0.418 e. The van der Waals surface area contributed by atoms with E-state index in [2.05, 4.69) is 11.9 Å². The van der Waals surface area contributed by atoms with Crippen molar-refractivity contribution in [3.8, 4) is 5.75 Å². The topological polar surface area (TPSA) is 39.2 Å². The van der Waals surface area contributed by atoms with Crippen molar-refractivity contribution in [2.45, 2.75) is 44.9 Å². The Morgan fingerprint density at radius 3 is 2.50 bits per heavy atom. The van der Waals surface area contributed by atoms with Crippen LogP contribution >= 0.6 is 0 Å². The summed E-state index contributed by atoms with van der Waals surface area (Å²) in [4.78, 5) is 15.6. The summed E-state index contributed by atoms with van der Waals surface area (Å²) in [6, 6.07) is 10.4. The third-order valence-electron chi connectivity index (χ3n) is 4.97. The van der Waals surface area contributed by atoms with E-state index < -0.39 is 11.9 Å². The molecule has 1 aromatic carbocycles. The fraction of sp³-hybridized carbons (Fsp3) is 0.400. The Morgan fingerprint density at radius 1 is 1.17 bits per heavy atom. The summed E-state index contributed by atoms with van der Waals surface area (Å²) in [6.45, 7) is 2.26. The number of ether oxygens (including phenoxy) is 1. The van der Waals surface area contributed by atoms with Crippen LogP contribution < -0.4 is 4.74 Å². The summed E-state index contributed by atoms with van der Waals surface area (Å²) in [7, 11) is 0. The molecule has 0 aliphatic heterocycles. The molecule has 0 radical (unpaired) electrons. The first-order valence-corrected chi connectivity index (χ1v) is 8.60. The lowest BCUT2D eigenvalue weighted by Crippen LogP contribution is -2.13. The fourth-order valence-electron chi connectivity index (χ4n) is 3.40. The zero-order chi connectivity index (χ0) is 16.9. The maximum absolute atomic E-state index is 13.4. The number of esters is 1. The molecule has 1 aromatic heterocycles. The molecule has 0 bridgehead atoms. The Labute approximate surface area is 141 Å². The smallest absolute Gasteiger partial charge is 0.343 e. The molecule has 1 saturated carbocycles. The SMILES string of the molecule is CC[C@H]1CC[C@H](c2ccc(C(=O)Oc3cccnc3F)cc2)CC1. The number of hydrogen-bond donors (Lipinski definition) is 0. The molecule has 1 fully saturated rings. The molecular weight excluding hydrogens is 305 g/mol. The maximum Gasteiger partial charge on any atom is 0.343 e. The van der Waals surface area contributed by atoms with Crippen LogP contribution in [0.25, 0.3) is 0 Å². The van der Waals surface area contributed by atoms with Crippen molar-refractivity contribution >= 4 is 5.97 Å². The first-order valence-electron chi connectivity index (χ1n) is 8.60. The van der Waals surface area contributed by atoms with Gasteiger partial charge >= 0.3 is 5.97 Å². The molecule has 3 nitrogen and oxygen atoms in total. The lowest BCUT2D eigenvalue weighted by atomic mass is 9.78. The predicted molar refractivity (Wildman–Crippen MR) is 90.6 cm³/mol. The van der Waals surface area contributed by atoms with Gasteiger partial charge in [-0.3, -0.25) is 0 Å². The summed E-state index contributed by atoms with van der Waals surface area (Å²) in [6.07, 6.45) is 7.57. The molecule has 2 aromatic rings. The number of rotatable bonds is 4. The molecule has 0 saturated heterocycles. The largest absolute Gasteiger partial charge is 0.418 e. The van der Waals surface area contributed by atoms with Crippen LogP contribution in [0.15, 0.2) is 42.6 Å². The van der Waals surface area contributed by atoms with E-state index in [0.29, 0.717) is 11.5 Å². The second kappa shape index (κ2) is 7.56. The van der Waals surface area contributed by atoms with Gasteiger partial charge in [0.05, 0.1) is 5.56 Å². The van der Waals surface area contributed by atoms with Gasteiger partial charge in [-0.2, -0.15) is 4.39 Å². The fourth-order valence-corrected chi connectivity index (χ4v) is 3.40. The van der Waals surface area contributed by atoms with Crippen LogP contribution in [0.5, 0.6) is 5.75 Å². The highest BCUT2D eigenvalue weighted by Crippen LogP contribution is 2.36. The number of nitrogens with zero attached hydrogens (tertiary/aromatic N) is 1. The highest BCUT2D eigenvalue weighted by Gasteiger charge is 2.21. The van der Waals surface area contributed by atoms with Crippen molar-refractivity contribution in [3.05, 3.63) is 59.7 Å². The Hall–Kier alpha value is -2.23. The maximum atomic E-state index is 13.4. The van der Waals surface area contributed by atoms with Crippen molar-refractivity contribution in [3.63, 3.8) is 0 Å². The van der Waals surface area contributed by atoms with Crippen molar-refractivity contribution in [2.75, 3.05) is 0 Å². The van der Waals surface area contributed by atoms with Gasteiger partial charge < -0.3 is 4.74 Å². The molecule has 0 N–H and O–H groups in total. The third-order valence-corrected chi connectivity index (χ3v) is 4.97. The summed E-state index contributed by atoms with van der Waals surface area (Å²) >= 11 is 0. The van der Waals surface area contributed by atoms with Crippen LogP contribution in [0.2, 0.25) is 0 Å². The van der Waals surface area contributed by atoms with Crippen LogP contribution in [0, 0.1) is 11.9 Å². The van der Waals surface area contributed by atoms with Crippen LogP contribution in [-0.4, -0.2) is 11.0 Å². The van der Waals surface area contributed by atoms with Crippen molar-refractivity contribution in [2.24, 2.45) is 5.92 Å². The van der Waals surface area contributed by atoms with Gasteiger partial charge in [0.15, 0.2) is 5.75 Å². The zero-order valence-electron chi connectivity index (χ0n) is 13.9. The number of carbonyl (C=O) groups excluding carboxylic acids is 1. The number of halogens is 1. The van der Waals surface area contributed by atoms with Crippen molar-refractivity contribution in [1.29, 1.82) is 0 Å². The average Bonchev–Trinajstić information content (AvgIpc) is 2.64. The Morgan fingerprint density at radius 2 is 1.88 bits per heavy atom. The Kier molecular flexibility index (Phi) is 5.24. The molecular formula is C20H22FNO2. The second-order valence-electron chi connectivity index (χ2n) is 6.43. The van der Waals surface area contributed by atoms with E-state index in [1.165, 1.54) is 56.0 Å². The van der Waals surface area contributed by atoms with E-state index in [9.17, 15) is 9.18 Å². The summed E-state index contributed by atoms with van der Waals surface area (Å²) < 4.78 is 18.5. The first-order chi connectivity index (χ1) is 11.7. The Balaban J connectivity index is 1.64. The molecule has 0 spiro atoms. The lowest BCUT2D eigenvalue weighted by Gasteiger charge is -2.28. The van der Waals surface area contributed by atoms with E-state index in [4.69, 9.17) is 4.74 Å². The number of benzene rings is 1. The number of aromatic nitrogens is 1. The molecule has 126 valence electrons. The monoisotopic (exact) mass is 327 g/mol. The van der Waals surface area contributed by atoms with Crippen LogP contribution in [-0.2, 0) is 0 Å². The number of pyridine rings is 1. The van der Waals surface area contributed by atoms with Crippen LogP contribution in [0.3, 0.4) is 0 Å². The standard InChI is InChI=1S/C20H22FNO2/c1-2-14-5-7-15(8-6-14)16-9-11-17(12-10-16)20(23)24-18-4-3-13-22-19(18)21/h3-4,9-15H,2,5-8H2,1H3/t14-,15-. The Bertz CT molecular complexity index is 691. The highest BCUT2D eigenvalue weighted by molar-refractivity contribution is 5.91. The minimum absolute atomic E-state index is 0.149. The van der Waals surface area contributed by atoms with Crippen LogP contribution in [0.1, 0.15) is 60.9 Å². The lowest BCUT2D eigenvalue weighted by molar-refractivity contribution is 0.0726. The normalized spacial score (nSPS) is 20.6. The van der Waals surface area contributed by atoms with Gasteiger partial charge in [0.25, 0.3) is 5.95 Å². The van der Waals surface area contributed by atoms with E-state index in [1.807, 2.05) is 12.1 Å².